The molecule has 4 heteroatoms. The van der Waals surface area contributed by atoms with E-state index in [0.29, 0.717) is 23.7 Å². The normalized spacial score (nSPS) is 12.2. The first-order valence-electron chi connectivity index (χ1n) is 5.13. The highest BCUT2D eigenvalue weighted by Crippen LogP contribution is 2.17. The molecule has 0 saturated heterocycles. The first kappa shape index (κ1) is 13.4. The third-order valence-electron chi connectivity index (χ3n) is 2.10. The second kappa shape index (κ2) is 5.13. The molecule has 0 aliphatic heterocycles. The van der Waals surface area contributed by atoms with Crippen LogP contribution < -0.4 is 0 Å². The molecule has 0 atom stereocenters. The zero-order valence-electron chi connectivity index (χ0n) is 9.80. The Hall–Kier alpha value is -0.640. The number of benzene rings is 1. The molecular weight excluding hydrogens is 229 g/mol. The molecule has 0 aromatic heterocycles. The van der Waals surface area contributed by atoms with Crippen LogP contribution in [0.2, 0.25) is 5.02 Å². The van der Waals surface area contributed by atoms with Crippen LogP contribution in [0, 0.1) is 5.82 Å². The molecule has 0 spiro atoms. The van der Waals surface area contributed by atoms with Gasteiger partial charge in [0.2, 0.25) is 0 Å². The molecule has 0 heterocycles. The van der Waals surface area contributed by atoms with Gasteiger partial charge in [-0.1, -0.05) is 11.6 Å². The van der Waals surface area contributed by atoms with Gasteiger partial charge >= 0.3 is 0 Å². The topological polar surface area (TPSA) is 23.5 Å². The predicted octanol–water partition coefficient (Wildman–Crippen LogP) is 2.68. The Morgan fingerprint density at radius 2 is 2.06 bits per heavy atom. The van der Waals surface area contributed by atoms with E-state index in [-0.39, 0.29) is 5.82 Å². The van der Waals surface area contributed by atoms with Crippen molar-refractivity contribution >= 4 is 11.6 Å². The van der Waals surface area contributed by atoms with Crippen LogP contribution in [-0.2, 0) is 6.54 Å². The minimum atomic E-state index is -0.788. The van der Waals surface area contributed by atoms with Crippen LogP contribution in [0.3, 0.4) is 0 Å². The van der Waals surface area contributed by atoms with E-state index >= 15 is 0 Å². The molecule has 1 aromatic carbocycles. The second-order valence-electron chi connectivity index (χ2n) is 4.72. The Morgan fingerprint density at radius 1 is 1.44 bits per heavy atom. The Bertz CT molecular complexity index is 363. The monoisotopic (exact) mass is 245 g/mol. The van der Waals surface area contributed by atoms with Crippen molar-refractivity contribution in [2.45, 2.75) is 26.0 Å². The van der Waals surface area contributed by atoms with E-state index in [1.165, 1.54) is 12.1 Å². The minimum absolute atomic E-state index is 0.271. The maximum atomic E-state index is 13.4. The standard InChI is InChI=1S/C12H17ClFNO/c1-12(2,16)8-15(3)7-9-6-10(13)4-5-11(9)14/h4-6,16H,7-8H2,1-3H3. The summed E-state index contributed by atoms with van der Waals surface area (Å²) < 4.78 is 13.4. The van der Waals surface area contributed by atoms with Crippen LogP contribution in [0.25, 0.3) is 0 Å². The first-order valence-corrected chi connectivity index (χ1v) is 5.50. The summed E-state index contributed by atoms with van der Waals surface area (Å²) in [4.78, 5) is 1.86. The molecular formula is C12H17ClFNO. The second-order valence-corrected chi connectivity index (χ2v) is 5.16. The number of halogens is 2. The smallest absolute Gasteiger partial charge is 0.127 e. The Kier molecular flexibility index (Phi) is 4.30. The highest BCUT2D eigenvalue weighted by molar-refractivity contribution is 6.30. The maximum absolute atomic E-state index is 13.4. The fourth-order valence-corrected chi connectivity index (χ4v) is 1.87. The Morgan fingerprint density at radius 3 is 2.62 bits per heavy atom. The van der Waals surface area contributed by atoms with Crippen molar-refractivity contribution in [2.75, 3.05) is 13.6 Å². The summed E-state index contributed by atoms with van der Waals surface area (Å²) in [5, 5.41) is 10.1. The number of hydrogen-bond acceptors (Lipinski definition) is 2. The molecule has 0 fully saturated rings. The summed E-state index contributed by atoms with van der Waals surface area (Å²) in [6.07, 6.45) is 0. The summed E-state index contributed by atoms with van der Waals surface area (Å²) >= 11 is 5.80. The van der Waals surface area contributed by atoms with E-state index in [2.05, 4.69) is 0 Å². The van der Waals surface area contributed by atoms with E-state index < -0.39 is 5.60 Å². The van der Waals surface area contributed by atoms with Crippen molar-refractivity contribution in [1.29, 1.82) is 0 Å². The van der Waals surface area contributed by atoms with Crippen molar-refractivity contribution in [3.63, 3.8) is 0 Å². The van der Waals surface area contributed by atoms with E-state index in [1.807, 2.05) is 11.9 Å². The van der Waals surface area contributed by atoms with Gasteiger partial charge in [0.1, 0.15) is 5.82 Å². The predicted molar refractivity (Wildman–Crippen MR) is 64.0 cm³/mol. The van der Waals surface area contributed by atoms with Crippen molar-refractivity contribution in [3.05, 3.63) is 34.6 Å². The van der Waals surface area contributed by atoms with Gasteiger partial charge in [-0.15, -0.1) is 0 Å². The third-order valence-corrected chi connectivity index (χ3v) is 2.34. The SMILES string of the molecule is CN(Cc1cc(Cl)ccc1F)CC(C)(C)O. The van der Waals surface area contributed by atoms with Crippen molar-refractivity contribution < 1.29 is 9.50 Å². The van der Waals surface area contributed by atoms with Crippen LogP contribution in [0.1, 0.15) is 19.4 Å². The zero-order valence-corrected chi connectivity index (χ0v) is 10.6. The molecule has 0 aliphatic carbocycles. The fourth-order valence-electron chi connectivity index (χ4n) is 1.67. The molecule has 0 bridgehead atoms. The maximum Gasteiger partial charge on any atom is 0.127 e. The van der Waals surface area contributed by atoms with E-state index in [4.69, 9.17) is 11.6 Å². The van der Waals surface area contributed by atoms with Gasteiger partial charge in [-0.25, -0.2) is 4.39 Å². The van der Waals surface area contributed by atoms with Crippen LogP contribution in [0.15, 0.2) is 18.2 Å². The van der Waals surface area contributed by atoms with Crippen molar-refractivity contribution in [2.24, 2.45) is 0 Å². The Labute approximate surface area is 101 Å². The lowest BCUT2D eigenvalue weighted by Crippen LogP contribution is -2.35. The van der Waals surface area contributed by atoms with E-state index in [0.717, 1.165) is 0 Å². The van der Waals surface area contributed by atoms with E-state index in [1.54, 1.807) is 19.9 Å². The zero-order chi connectivity index (χ0) is 12.3. The van der Waals surface area contributed by atoms with Crippen LogP contribution >= 0.6 is 11.6 Å². The van der Waals surface area contributed by atoms with Gasteiger partial charge < -0.3 is 5.11 Å². The fraction of sp³-hybridized carbons (Fsp3) is 0.500. The Balaban J connectivity index is 2.69. The lowest BCUT2D eigenvalue weighted by Gasteiger charge is -2.25. The van der Waals surface area contributed by atoms with Crippen molar-refractivity contribution in [3.8, 4) is 0 Å². The first-order chi connectivity index (χ1) is 7.28. The number of likely N-dealkylation sites (N-methyl/N-ethyl adjacent to an activating group) is 1. The summed E-state index contributed by atoms with van der Waals surface area (Å²) in [5.41, 5.74) is -0.247. The van der Waals surface area contributed by atoms with Crippen LogP contribution in [0.5, 0.6) is 0 Å². The molecule has 16 heavy (non-hydrogen) atoms. The average molecular weight is 246 g/mol. The summed E-state index contributed by atoms with van der Waals surface area (Å²) in [7, 11) is 1.83. The van der Waals surface area contributed by atoms with Gasteiger partial charge in [-0.3, -0.25) is 4.90 Å². The lowest BCUT2D eigenvalue weighted by molar-refractivity contribution is 0.0422. The molecule has 1 aromatic rings. The third kappa shape index (κ3) is 4.47. The molecule has 2 nitrogen and oxygen atoms in total. The molecule has 0 unspecified atom stereocenters. The quantitative estimate of drug-likeness (QED) is 0.882. The number of nitrogens with zero attached hydrogens (tertiary/aromatic N) is 1. The summed E-state index contributed by atoms with van der Waals surface area (Å²) in [6, 6.07) is 4.49. The molecule has 90 valence electrons. The molecule has 1 rings (SSSR count). The molecule has 0 saturated carbocycles. The number of hydrogen-bond donors (Lipinski definition) is 1. The molecule has 0 aliphatic rings. The minimum Gasteiger partial charge on any atom is -0.389 e. The lowest BCUT2D eigenvalue weighted by atomic mass is 10.1. The summed E-state index contributed by atoms with van der Waals surface area (Å²) in [5.74, 6) is -0.271. The van der Waals surface area contributed by atoms with Gasteiger partial charge in [0.15, 0.2) is 0 Å². The van der Waals surface area contributed by atoms with Crippen LogP contribution in [-0.4, -0.2) is 29.2 Å². The van der Waals surface area contributed by atoms with Gasteiger partial charge in [0.25, 0.3) is 0 Å². The van der Waals surface area contributed by atoms with Gasteiger partial charge in [0, 0.05) is 23.7 Å². The number of rotatable bonds is 4. The van der Waals surface area contributed by atoms with Crippen LogP contribution in [0.4, 0.5) is 4.39 Å². The number of aliphatic hydroxyl groups is 1. The molecule has 1 N–H and O–H groups in total. The molecule has 0 radical (unpaired) electrons. The average Bonchev–Trinajstić information content (AvgIpc) is 2.08. The van der Waals surface area contributed by atoms with E-state index in [9.17, 15) is 9.50 Å². The van der Waals surface area contributed by atoms with Gasteiger partial charge in [0.05, 0.1) is 5.60 Å². The van der Waals surface area contributed by atoms with Gasteiger partial charge in [-0.05, 0) is 39.1 Å². The summed E-state index contributed by atoms with van der Waals surface area (Å²) in [6.45, 7) is 4.34. The highest BCUT2D eigenvalue weighted by Gasteiger charge is 2.16. The highest BCUT2D eigenvalue weighted by atomic mass is 35.5. The van der Waals surface area contributed by atoms with Crippen molar-refractivity contribution in [1.82, 2.24) is 4.90 Å². The molecule has 0 amide bonds. The largest absolute Gasteiger partial charge is 0.389 e. The van der Waals surface area contributed by atoms with Gasteiger partial charge in [-0.2, -0.15) is 0 Å².